The largest absolute Gasteiger partial charge is 0.358 e. The molecule has 1 aliphatic rings. The van der Waals surface area contributed by atoms with Crippen LogP contribution in [0.3, 0.4) is 0 Å². The molecule has 92 valence electrons. The number of halogens is 1. The Morgan fingerprint density at radius 3 is 2.82 bits per heavy atom. The molecule has 1 heterocycles. The van der Waals surface area contributed by atoms with Gasteiger partial charge in [0.15, 0.2) is 0 Å². The fourth-order valence-corrected chi connectivity index (χ4v) is 2.47. The van der Waals surface area contributed by atoms with Crippen molar-refractivity contribution in [2.24, 2.45) is 0 Å². The fraction of sp³-hybridized carbons (Fsp3) is 0.462. The lowest BCUT2D eigenvalue weighted by Gasteiger charge is -2.23. The lowest BCUT2D eigenvalue weighted by molar-refractivity contribution is -0.122. The Hall–Kier alpha value is -1.06. The molecule has 1 N–H and O–H groups in total. The number of benzene rings is 1. The van der Waals surface area contributed by atoms with Crippen LogP contribution in [0.2, 0.25) is 5.02 Å². The topological polar surface area (TPSA) is 32.3 Å². The molecule has 1 fully saturated rings. The van der Waals surface area contributed by atoms with Crippen LogP contribution in [0, 0.1) is 0 Å². The van der Waals surface area contributed by atoms with E-state index in [0.717, 1.165) is 24.4 Å². The summed E-state index contributed by atoms with van der Waals surface area (Å²) < 4.78 is 0. The number of nitrogens with zero attached hydrogens (tertiary/aromatic N) is 1. The Morgan fingerprint density at radius 1 is 1.47 bits per heavy atom. The van der Waals surface area contributed by atoms with E-state index in [4.69, 9.17) is 11.6 Å². The number of amides is 1. The van der Waals surface area contributed by atoms with E-state index in [-0.39, 0.29) is 5.91 Å². The van der Waals surface area contributed by atoms with Gasteiger partial charge >= 0.3 is 0 Å². The van der Waals surface area contributed by atoms with Crippen LogP contribution in [0.25, 0.3) is 0 Å². The third kappa shape index (κ3) is 2.99. The normalized spacial score (nSPS) is 20.5. The first-order valence-electron chi connectivity index (χ1n) is 5.91. The highest BCUT2D eigenvalue weighted by Gasteiger charge is 2.26. The maximum Gasteiger partial charge on any atom is 0.233 e. The van der Waals surface area contributed by atoms with Crippen LogP contribution >= 0.6 is 11.6 Å². The van der Waals surface area contributed by atoms with Crippen molar-refractivity contribution in [1.29, 1.82) is 0 Å². The zero-order chi connectivity index (χ0) is 12.3. The number of hydrogen-bond acceptors (Lipinski definition) is 2. The van der Waals surface area contributed by atoms with Crippen molar-refractivity contribution in [3.8, 4) is 0 Å². The number of likely N-dealkylation sites (N-methyl/N-ethyl adjacent to an activating group) is 1. The number of carbonyl (C=O) groups excluding carboxylic acids is 1. The maximum absolute atomic E-state index is 11.4. The molecular formula is C13H17ClN2O. The molecule has 17 heavy (non-hydrogen) atoms. The van der Waals surface area contributed by atoms with Gasteiger partial charge in [-0.2, -0.15) is 0 Å². The van der Waals surface area contributed by atoms with Crippen LogP contribution in [0.15, 0.2) is 24.3 Å². The summed E-state index contributed by atoms with van der Waals surface area (Å²) in [6.07, 6.45) is 2.25. The summed E-state index contributed by atoms with van der Waals surface area (Å²) in [6.45, 7) is 1.46. The van der Waals surface area contributed by atoms with Crippen molar-refractivity contribution < 1.29 is 4.79 Å². The lowest BCUT2D eigenvalue weighted by atomic mass is 10.0. The van der Waals surface area contributed by atoms with Gasteiger partial charge in [-0.25, -0.2) is 0 Å². The van der Waals surface area contributed by atoms with Crippen molar-refractivity contribution in [2.75, 3.05) is 20.1 Å². The molecule has 0 spiro atoms. The molecule has 1 saturated heterocycles. The van der Waals surface area contributed by atoms with Gasteiger partial charge in [-0.3, -0.25) is 9.69 Å². The summed E-state index contributed by atoms with van der Waals surface area (Å²) in [4.78, 5) is 13.6. The summed E-state index contributed by atoms with van der Waals surface area (Å²) >= 11 is 5.88. The average Bonchev–Trinajstić information content (AvgIpc) is 2.78. The molecule has 0 aliphatic carbocycles. The predicted molar refractivity (Wildman–Crippen MR) is 69.1 cm³/mol. The SMILES string of the molecule is CNC(=O)CN1CCC[C@H]1c1ccc(Cl)cc1. The van der Waals surface area contributed by atoms with Gasteiger partial charge in [-0.05, 0) is 37.1 Å². The van der Waals surface area contributed by atoms with Crippen LogP contribution in [0.4, 0.5) is 0 Å². The third-order valence-corrected chi connectivity index (χ3v) is 3.50. The Morgan fingerprint density at radius 2 is 2.18 bits per heavy atom. The van der Waals surface area contributed by atoms with Crippen molar-refractivity contribution in [3.63, 3.8) is 0 Å². The molecular weight excluding hydrogens is 236 g/mol. The van der Waals surface area contributed by atoms with E-state index in [0.29, 0.717) is 12.6 Å². The van der Waals surface area contributed by atoms with E-state index in [1.807, 2.05) is 12.1 Å². The van der Waals surface area contributed by atoms with Gasteiger partial charge < -0.3 is 5.32 Å². The summed E-state index contributed by atoms with van der Waals surface area (Å²) in [6, 6.07) is 8.27. The summed E-state index contributed by atoms with van der Waals surface area (Å²) in [5.41, 5.74) is 1.25. The summed E-state index contributed by atoms with van der Waals surface area (Å²) in [5, 5.41) is 3.43. The van der Waals surface area contributed by atoms with E-state index in [9.17, 15) is 4.79 Å². The molecule has 1 amide bonds. The molecule has 2 rings (SSSR count). The number of nitrogens with one attached hydrogen (secondary N) is 1. The highest BCUT2D eigenvalue weighted by Crippen LogP contribution is 2.31. The first-order chi connectivity index (χ1) is 8.20. The van der Waals surface area contributed by atoms with Crippen LogP contribution in [-0.4, -0.2) is 30.9 Å². The Balaban J connectivity index is 2.08. The van der Waals surface area contributed by atoms with E-state index in [1.165, 1.54) is 5.56 Å². The van der Waals surface area contributed by atoms with Gasteiger partial charge in [0.1, 0.15) is 0 Å². The minimum absolute atomic E-state index is 0.0749. The smallest absolute Gasteiger partial charge is 0.233 e. The molecule has 0 saturated carbocycles. The van der Waals surface area contributed by atoms with E-state index >= 15 is 0 Å². The molecule has 1 aromatic carbocycles. The van der Waals surface area contributed by atoms with Gasteiger partial charge in [0.25, 0.3) is 0 Å². The standard InChI is InChI=1S/C13H17ClN2O/c1-15-13(17)9-16-8-2-3-12(16)10-4-6-11(14)7-5-10/h4-7,12H,2-3,8-9H2,1H3,(H,15,17)/t12-/m0/s1. The van der Waals surface area contributed by atoms with Gasteiger partial charge in [0.2, 0.25) is 5.91 Å². The van der Waals surface area contributed by atoms with Crippen LogP contribution in [-0.2, 0) is 4.79 Å². The molecule has 3 nitrogen and oxygen atoms in total. The van der Waals surface area contributed by atoms with Crippen molar-refractivity contribution in [2.45, 2.75) is 18.9 Å². The van der Waals surface area contributed by atoms with Gasteiger partial charge in [0, 0.05) is 18.1 Å². The van der Waals surface area contributed by atoms with Gasteiger partial charge in [0.05, 0.1) is 6.54 Å². The second-order valence-corrected chi connectivity index (χ2v) is 4.79. The van der Waals surface area contributed by atoms with E-state index in [2.05, 4.69) is 22.3 Å². The number of carbonyl (C=O) groups is 1. The zero-order valence-electron chi connectivity index (χ0n) is 9.95. The third-order valence-electron chi connectivity index (χ3n) is 3.24. The predicted octanol–water partition coefficient (Wildman–Crippen LogP) is 2.22. The van der Waals surface area contributed by atoms with Crippen LogP contribution in [0.5, 0.6) is 0 Å². The molecule has 1 aliphatic heterocycles. The van der Waals surface area contributed by atoms with Crippen molar-refractivity contribution in [3.05, 3.63) is 34.9 Å². The fourth-order valence-electron chi connectivity index (χ4n) is 2.34. The summed E-state index contributed by atoms with van der Waals surface area (Å²) in [7, 11) is 1.68. The van der Waals surface area contributed by atoms with Crippen LogP contribution < -0.4 is 5.32 Å². The second-order valence-electron chi connectivity index (χ2n) is 4.35. The lowest BCUT2D eigenvalue weighted by Crippen LogP contribution is -2.35. The maximum atomic E-state index is 11.4. The average molecular weight is 253 g/mol. The number of hydrogen-bond donors (Lipinski definition) is 1. The molecule has 0 radical (unpaired) electrons. The van der Waals surface area contributed by atoms with E-state index in [1.54, 1.807) is 7.05 Å². The summed E-state index contributed by atoms with van der Waals surface area (Å²) in [5.74, 6) is 0.0749. The Kier molecular flexibility index (Phi) is 4.02. The van der Waals surface area contributed by atoms with Crippen molar-refractivity contribution >= 4 is 17.5 Å². The molecule has 0 bridgehead atoms. The Labute approximate surface area is 107 Å². The number of likely N-dealkylation sites (tertiary alicyclic amines) is 1. The van der Waals surface area contributed by atoms with E-state index < -0.39 is 0 Å². The van der Waals surface area contributed by atoms with Gasteiger partial charge in [-0.15, -0.1) is 0 Å². The molecule has 1 atom stereocenters. The molecule has 0 aromatic heterocycles. The second kappa shape index (κ2) is 5.52. The number of rotatable bonds is 3. The van der Waals surface area contributed by atoms with Crippen molar-refractivity contribution in [1.82, 2.24) is 10.2 Å². The molecule has 4 heteroatoms. The highest BCUT2D eigenvalue weighted by atomic mass is 35.5. The molecule has 0 unspecified atom stereocenters. The van der Waals surface area contributed by atoms with Crippen LogP contribution in [0.1, 0.15) is 24.4 Å². The molecule has 1 aromatic rings. The highest BCUT2D eigenvalue weighted by molar-refractivity contribution is 6.30. The monoisotopic (exact) mass is 252 g/mol. The first-order valence-corrected chi connectivity index (χ1v) is 6.28. The zero-order valence-corrected chi connectivity index (χ0v) is 10.7. The minimum Gasteiger partial charge on any atom is -0.358 e. The minimum atomic E-state index is 0.0749. The first kappa shape index (κ1) is 12.4. The quantitative estimate of drug-likeness (QED) is 0.895. The van der Waals surface area contributed by atoms with Gasteiger partial charge in [-0.1, -0.05) is 23.7 Å². The Bertz CT molecular complexity index is 391.